The summed E-state index contributed by atoms with van der Waals surface area (Å²) >= 11 is 0. The summed E-state index contributed by atoms with van der Waals surface area (Å²) in [5.41, 5.74) is 0.139. The van der Waals surface area contributed by atoms with Gasteiger partial charge < -0.3 is 9.31 Å². The summed E-state index contributed by atoms with van der Waals surface area (Å²) in [6.07, 6.45) is 1.71. The summed E-state index contributed by atoms with van der Waals surface area (Å²) in [5.74, 6) is -0.334. The molecule has 0 radical (unpaired) electrons. The summed E-state index contributed by atoms with van der Waals surface area (Å²) < 4.78 is 27.9. The average Bonchev–Trinajstić information content (AvgIpc) is 2.78. The zero-order valence-electron chi connectivity index (χ0n) is 12.4. The minimum atomic E-state index is -0.723. The Hall–Kier alpha value is -1.40. The van der Waals surface area contributed by atoms with Crippen LogP contribution in [0.1, 0.15) is 27.7 Å². The molecular formula is C14H18BFN2O2. The number of aromatic nitrogens is 2. The van der Waals surface area contributed by atoms with E-state index in [0.717, 1.165) is 5.39 Å². The summed E-state index contributed by atoms with van der Waals surface area (Å²) in [5, 5.41) is 5.05. The van der Waals surface area contributed by atoms with E-state index in [0.29, 0.717) is 11.0 Å². The van der Waals surface area contributed by atoms with Crippen molar-refractivity contribution in [2.75, 3.05) is 0 Å². The number of benzene rings is 1. The molecule has 1 aliphatic heterocycles. The monoisotopic (exact) mass is 276 g/mol. The van der Waals surface area contributed by atoms with E-state index in [-0.39, 0.29) is 5.82 Å². The largest absolute Gasteiger partial charge is 0.500 e. The van der Waals surface area contributed by atoms with Gasteiger partial charge in [-0.2, -0.15) is 5.10 Å². The Balaban J connectivity index is 2.17. The van der Waals surface area contributed by atoms with Gasteiger partial charge in [-0.15, -0.1) is 0 Å². The Bertz CT molecular complexity index is 665. The molecule has 0 spiro atoms. The minimum absolute atomic E-state index is 0.334. The predicted molar refractivity (Wildman–Crippen MR) is 76.4 cm³/mol. The summed E-state index contributed by atoms with van der Waals surface area (Å²) in [4.78, 5) is 0. The molecule has 2 heterocycles. The third-order valence-corrected chi connectivity index (χ3v) is 4.38. The second kappa shape index (κ2) is 4.05. The van der Waals surface area contributed by atoms with Crippen LogP contribution in [0.25, 0.3) is 10.9 Å². The normalized spacial score (nSPS) is 20.8. The van der Waals surface area contributed by atoms with Gasteiger partial charge >= 0.3 is 7.12 Å². The van der Waals surface area contributed by atoms with Crippen LogP contribution in [0.2, 0.25) is 0 Å². The van der Waals surface area contributed by atoms with E-state index in [9.17, 15) is 4.39 Å². The first-order valence-electron chi connectivity index (χ1n) is 6.69. The maximum absolute atomic E-state index is 14.3. The van der Waals surface area contributed by atoms with Crippen LogP contribution >= 0.6 is 0 Å². The van der Waals surface area contributed by atoms with E-state index in [2.05, 4.69) is 5.10 Å². The molecule has 20 heavy (non-hydrogen) atoms. The van der Waals surface area contributed by atoms with Crippen molar-refractivity contribution in [2.24, 2.45) is 7.05 Å². The van der Waals surface area contributed by atoms with Crippen LogP contribution < -0.4 is 5.46 Å². The van der Waals surface area contributed by atoms with Crippen LogP contribution in [-0.2, 0) is 16.4 Å². The molecule has 0 N–H and O–H groups in total. The molecule has 1 fully saturated rings. The van der Waals surface area contributed by atoms with Crippen molar-refractivity contribution in [3.63, 3.8) is 0 Å². The number of aryl methyl sites for hydroxylation is 1. The van der Waals surface area contributed by atoms with Gasteiger partial charge in [-0.3, -0.25) is 4.68 Å². The first-order chi connectivity index (χ1) is 9.23. The predicted octanol–water partition coefficient (Wildman–Crippen LogP) is 2.01. The first-order valence-corrected chi connectivity index (χ1v) is 6.69. The lowest BCUT2D eigenvalue weighted by Crippen LogP contribution is -2.41. The lowest BCUT2D eigenvalue weighted by Gasteiger charge is -2.32. The smallest absolute Gasteiger partial charge is 0.399 e. The highest BCUT2D eigenvalue weighted by Gasteiger charge is 2.53. The summed E-state index contributed by atoms with van der Waals surface area (Å²) in [6, 6.07) is 3.15. The zero-order chi connectivity index (χ0) is 14.7. The molecule has 1 aromatic carbocycles. The van der Waals surface area contributed by atoms with Crippen molar-refractivity contribution >= 4 is 23.5 Å². The highest BCUT2D eigenvalue weighted by atomic mass is 19.1. The molecular weight excluding hydrogens is 258 g/mol. The van der Waals surface area contributed by atoms with E-state index in [4.69, 9.17) is 9.31 Å². The average molecular weight is 276 g/mol. The lowest BCUT2D eigenvalue weighted by molar-refractivity contribution is 0.00578. The number of rotatable bonds is 1. The van der Waals surface area contributed by atoms with Gasteiger partial charge in [0, 0.05) is 17.9 Å². The van der Waals surface area contributed by atoms with Crippen LogP contribution in [0.4, 0.5) is 4.39 Å². The second-order valence-corrected chi connectivity index (χ2v) is 6.26. The van der Waals surface area contributed by atoms with E-state index >= 15 is 0 Å². The van der Waals surface area contributed by atoms with Crippen molar-refractivity contribution in [2.45, 2.75) is 38.9 Å². The molecule has 0 aliphatic carbocycles. The van der Waals surface area contributed by atoms with Crippen LogP contribution in [0.15, 0.2) is 18.3 Å². The van der Waals surface area contributed by atoms with Crippen LogP contribution in [0, 0.1) is 5.82 Å². The Kier molecular flexibility index (Phi) is 2.75. The van der Waals surface area contributed by atoms with Crippen molar-refractivity contribution < 1.29 is 13.7 Å². The van der Waals surface area contributed by atoms with Gasteiger partial charge in [0.1, 0.15) is 5.82 Å². The SMILES string of the molecule is Cn1ncc2ccc(F)c(B3OC(C)(C)C(C)(C)O3)c21. The molecule has 0 saturated carbocycles. The maximum atomic E-state index is 14.3. The van der Waals surface area contributed by atoms with Crippen molar-refractivity contribution in [1.29, 1.82) is 0 Å². The lowest BCUT2D eigenvalue weighted by atomic mass is 9.77. The van der Waals surface area contributed by atoms with Gasteiger partial charge in [0.05, 0.1) is 22.9 Å². The van der Waals surface area contributed by atoms with Gasteiger partial charge in [-0.1, -0.05) is 0 Å². The second-order valence-electron chi connectivity index (χ2n) is 6.26. The molecule has 1 aromatic heterocycles. The molecule has 0 unspecified atom stereocenters. The van der Waals surface area contributed by atoms with E-state index in [1.807, 2.05) is 27.7 Å². The Morgan fingerprint density at radius 2 is 1.75 bits per heavy atom. The Labute approximate surface area is 118 Å². The summed E-state index contributed by atoms with van der Waals surface area (Å²) in [7, 11) is 1.07. The molecule has 3 rings (SSSR count). The highest BCUT2D eigenvalue weighted by molar-refractivity contribution is 6.65. The van der Waals surface area contributed by atoms with Crippen molar-refractivity contribution in [3.8, 4) is 0 Å². The molecule has 4 nitrogen and oxygen atoms in total. The number of nitrogens with zero attached hydrogens (tertiary/aromatic N) is 2. The van der Waals surface area contributed by atoms with E-state index in [1.165, 1.54) is 6.07 Å². The molecule has 0 amide bonds. The van der Waals surface area contributed by atoms with Gasteiger partial charge in [-0.05, 0) is 39.8 Å². The molecule has 2 aromatic rings. The Morgan fingerprint density at radius 3 is 2.35 bits per heavy atom. The fraction of sp³-hybridized carbons (Fsp3) is 0.500. The number of halogens is 1. The van der Waals surface area contributed by atoms with Crippen molar-refractivity contribution in [1.82, 2.24) is 9.78 Å². The van der Waals surface area contributed by atoms with Gasteiger partial charge in [0.15, 0.2) is 0 Å². The molecule has 1 aliphatic rings. The number of hydrogen-bond acceptors (Lipinski definition) is 3. The highest BCUT2D eigenvalue weighted by Crippen LogP contribution is 2.37. The third kappa shape index (κ3) is 1.78. The fourth-order valence-electron chi connectivity index (χ4n) is 2.46. The number of hydrogen-bond donors (Lipinski definition) is 0. The Morgan fingerprint density at radius 1 is 1.15 bits per heavy atom. The molecule has 1 saturated heterocycles. The van der Waals surface area contributed by atoms with Gasteiger partial charge in [0.2, 0.25) is 0 Å². The topological polar surface area (TPSA) is 36.3 Å². The molecule has 6 heteroatoms. The molecule has 106 valence electrons. The van der Waals surface area contributed by atoms with Crippen LogP contribution in [-0.4, -0.2) is 28.1 Å². The quantitative estimate of drug-likeness (QED) is 0.747. The fourth-order valence-corrected chi connectivity index (χ4v) is 2.46. The first kappa shape index (κ1) is 13.6. The van der Waals surface area contributed by atoms with Crippen LogP contribution in [0.5, 0.6) is 0 Å². The number of fused-ring (bicyclic) bond motifs is 1. The molecule has 0 atom stereocenters. The third-order valence-electron chi connectivity index (χ3n) is 4.38. The molecule has 0 bridgehead atoms. The van der Waals surface area contributed by atoms with E-state index < -0.39 is 18.3 Å². The standard InChI is InChI=1S/C14H18BFN2O2/c1-13(2)14(3,4)20-15(19-13)11-10(16)7-6-9-8-17-18(5)12(9)11/h6-8H,1-5H3. The zero-order valence-corrected chi connectivity index (χ0v) is 12.4. The van der Waals surface area contributed by atoms with Crippen LogP contribution in [0.3, 0.4) is 0 Å². The van der Waals surface area contributed by atoms with Gasteiger partial charge in [0.25, 0.3) is 0 Å². The maximum Gasteiger partial charge on any atom is 0.500 e. The minimum Gasteiger partial charge on any atom is -0.399 e. The van der Waals surface area contributed by atoms with E-state index in [1.54, 1.807) is 24.0 Å². The summed E-state index contributed by atoms with van der Waals surface area (Å²) in [6.45, 7) is 7.81. The van der Waals surface area contributed by atoms with Gasteiger partial charge in [-0.25, -0.2) is 4.39 Å². The van der Waals surface area contributed by atoms with Crippen molar-refractivity contribution in [3.05, 3.63) is 24.1 Å².